The Morgan fingerprint density at radius 1 is 1.00 bits per heavy atom. The summed E-state index contributed by atoms with van der Waals surface area (Å²) in [5, 5.41) is 15.7. The molecule has 1 aromatic carbocycles. The number of para-hydroxylation sites is 1. The van der Waals surface area contributed by atoms with E-state index in [1.54, 1.807) is 6.20 Å². The van der Waals surface area contributed by atoms with Gasteiger partial charge >= 0.3 is 5.97 Å². The van der Waals surface area contributed by atoms with Gasteiger partial charge in [0.05, 0.1) is 6.04 Å². The minimum Gasteiger partial charge on any atom is -0.480 e. The largest absolute Gasteiger partial charge is 0.480 e. The van der Waals surface area contributed by atoms with Crippen molar-refractivity contribution in [3.05, 3.63) is 36.0 Å². The van der Waals surface area contributed by atoms with Crippen LogP contribution in [-0.2, 0) is 20.8 Å². The summed E-state index contributed by atoms with van der Waals surface area (Å²) in [4.78, 5) is 44.6. The molecule has 12 heteroatoms. The molecule has 1 heterocycles. The Morgan fingerprint density at radius 2 is 1.71 bits per heavy atom. The number of rotatable bonds is 15. The molecule has 3 unspecified atom stereocenters. The van der Waals surface area contributed by atoms with Crippen LogP contribution in [0.2, 0.25) is 0 Å². The van der Waals surface area contributed by atoms with Gasteiger partial charge in [0.1, 0.15) is 12.1 Å². The molecule has 0 bridgehead atoms. The molecular formula is C23H36N8O4. The van der Waals surface area contributed by atoms with Gasteiger partial charge in [-0.2, -0.15) is 0 Å². The minimum absolute atomic E-state index is 0.0436. The van der Waals surface area contributed by atoms with E-state index in [4.69, 9.17) is 22.9 Å². The van der Waals surface area contributed by atoms with Crippen LogP contribution in [0.25, 0.3) is 10.9 Å². The number of carboxylic acid groups (broad SMARTS) is 1. The number of H-pyrrole nitrogens is 1. The quantitative estimate of drug-likeness (QED) is 0.0903. The van der Waals surface area contributed by atoms with E-state index in [-0.39, 0.29) is 18.8 Å². The van der Waals surface area contributed by atoms with Crippen molar-refractivity contribution in [2.75, 3.05) is 13.1 Å². The van der Waals surface area contributed by atoms with Crippen LogP contribution in [0.5, 0.6) is 0 Å². The fraction of sp³-hybridized carbons (Fsp3) is 0.478. The molecule has 2 amide bonds. The highest BCUT2D eigenvalue weighted by Gasteiger charge is 2.28. The molecule has 35 heavy (non-hydrogen) atoms. The highest BCUT2D eigenvalue weighted by atomic mass is 16.4. The van der Waals surface area contributed by atoms with Gasteiger partial charge in [-0.05, 0) is 50.3 Å². The second-order valence-electron chi connectivity index (χ2n) is 8.36. The molecule has 0 saturated carbocycles. The summed E-state index contributed by atoms with van der Waals surface area (Å²) in [7, 11) is 0. The average molecular weight is 489 g/mol. The number of amides is 2. The van der Waals surface area contributed by atoms with E-state index < -0.39 is 35.9 Å². The Labute approximate surface area is 203 Å². The Kier molecular flexibility index (Phi) is 11.0. The standard InChI is InChI=1S/C23H36N8O4/c24-10-4-3-9-18(22(34)35)30-21(33)19(12-14-13-29-17-8-2-1-6-15(14)17)31-20(32)16(25)7-5-11-28-23(26)27/h1-2,6,8,13,16,18-19,29H,3-5,7,9-12,24-25H2,(H,30,33)(H,31,32)(H,34,35)(H4,26,27,28). The number of nitrogens with two attached hydrogens (primary N) is 4. The monoisotopic (exact) mass is 488 g/mol. The number of aromatic amines is 1. The lowest BCUT2D eigenvalue weighted by molar-refractivity contribution is -0.142. The van der Waals surface area contributed by atoms with Crippen molar-refractivity contribution in [1.82, 2.24) is 15.6 Å². The first-order chi connectivity index (χ1) is 16.7. The molecular weight excluding hydrogens is 452 g/mol. The van der Waals surface area contributed by atoms with Crippen LogP contribution < -0.4 is 33.6 Å². The number of aromatic nitrogens is 1. The van der Waals surface area contributed by atoms with Crippen molar-refractivity contribution >= 4 is 34.6 Å². The second kappa shape index (κ2) is 13.9. The highest BCUT2D eigenvalue weighted by molar-refractivity contribution is 5.93. The van der Waals surface area contributed by atoms with Crippen molar-refractivity contribution in [3.63, 3.8) is 0 Å². The number of carbonyl (C=O) groups excluding carboxylic acids is 2. The second-order valence-corrected chi connectivity index (χ2v) is 8.36. The molecule has 1 aromatic heterocycles. The maximum absolute atomic E-state index is 13.1. The van der Waals surface area contributed by atoms with Gasteiger partial charge in [-0.1, -0.05) is 18.2 Å². The fourth-order valence-corrected chi connectivity index (χ4v) is 3.68. The minimum atomic E-state index is -1.15. The maximum Gasteiger partial charge on any atom is 0.326 e. The van der Waals surface area contributed by atoms with E-state index in [1.807, 2.05) is 24.3 Å². The Bertz CT molecular complexity index is 1020. The van der Waals surface area contributed by atoms with Gasteiger partial charge in [-0.15, -0.1) is 0 Å². The van der Waals surface area contributed by atoms with E-state index in [0.717, 1.165) is 16.5 Å². The molecule has 0 saturated heterocycles. The summed E-state index contributed by atoms with van der Waals surface area (Å²) in [5.41, 5.74) is 23.8. The first-order valence-electron chi connectivity index (χ1n) is 11.6. The van der Waals surface area contributed by atoms with Crippen LogP contribution in [-0.4, -0.2) is 65.0 Å². The normalized spacial score (nSPS) is 13.5. The number of guanidine groups is 1. The first-order valence-corrected chi connectivity index (χ1v) is 11.6. The van der Waals surface area contributed by atoms with E-state index in [2.05, 4.69) is 20.6 Å². The van der Waals surface area contributed by atoms with Crippen molar-refractivity contribution < 1.29 is 19.5 Å². The van der Waals surface area contributed by atoms with Crippen molar-refractivity contribution in [1.29, 1.82) is 0 Å². The number of aliphatic imine (C=N–C) groups is 1. The number of benzene rings is 1. The number of nitrogens with one attached hydrogen (secondary N) is 3. The summed E-state index contributed by atoms with van der Waals surface area (Å²) < 4.78 is 0. The Hall–Kier alpha value is -3.64. The van der Waals surface area contributed by atoms with Crippen LogP contribution in [0.1, 0.15) is 37.7 Å². The summed E-state index contributed by atoms with van der Waals surface area (Å²) in [5.74, 6) is -2.32. The van der Waals surface area contributed by atoms with E-state index >= 15 is 0 Å². The number of fused-ring (bicyclic) bond motifs is 1. The molecule has 0 fully saturated rings. The zero-order valence-electron chi connectivity index (χ0n) is 19.7. The van der Waals surface area contributed by atoms with E-state index in [0.29, 0.717) is 38.8 Å². The van der Waals surface area contributed by atoms with Gasteiger partial charge in [0.25, 0.3) is 0 Å². The maximum atomic E-state index is 13.1. The summed E-state index contributed by atoms with van der Waals surface area (Å²) >= 11 is 0. The predicted molar refractivity (Wildman–Crippen MR) is 134 cm³/mol. The number of carbonyl (C=O) groups is 3. The molecule has 12 N–H and O–H groups in total. The third-order valence-electron chi connectivity index (χ3n) is 5.60. The lowest BCUT2D eigenvalue weighted by Gasteiger charge is -2.23. The van der Waals surface area contributed by atoms with Crippen molar-refractivity contribution in [2.45, 2.75) is 56.7 Å². The molecule has 0 radical (unpaired) electrons. The van der Waals surface area contributed by atoms with Gasteiger partial charge in [0, 0.05) is 30.1 Å². The van der Waals surface area contributed by atoms with Gasteiger partial charge in [0.2, 0.25) is 11.8 Å². The molecule has 2 rings (SSSR count). The summed E-state index contributed by atoms with van der Waals surface area (Å²) in [6.07, 6.45) is 4.13. The van der Waals surface area contributed by atoms with Crippen LogP contribution in [0, 0.1) is 0 Å². The van der Waals surface area contributed by atoms with Crippen LogP contribution >= 0.6 is 0 Å². The van der Waals surface area contributed by atoms with Gasteiger partial charge in [-0.3, -0.25) is 14.6 Å². The van der Waals surface area contributed by atoms with E-state index in [9.17, 15) is 19.5 Å². The van der Waals surface area contributed by atoms with Crippen molar-refractivity contribution in [3.8, 4) is 0 Å². The molecule has 0 aliphatic rings. The molecule has 2 aromatic rings. The zero-order chi connectivity index (χ0) is 25.8. The van der Waals surface area contributed by atoms with Crippen LogP contribution in [0.4, 0.5) is 0 Å². The number of aliphatic carboxylic acids is 1. The zero-order valence-corrected chi connectivity index (χ0v) is 19.7. The summed E-state index contributed by atoms with van der Waals surface area (Å²) in [6.45, 7) is 0.756. The summed E-state index contributed by atoms with van der Waals surface area (Å²) in [6, 6.07) is 4.55. The molecule has 3 atom stereocenters. The number of hydrogen-bond acceptors (Lipinski definition) is 6. The highest BCUT2D eigenvalue weighted by Crippen LogP contribution is 2.19. The lowest BCUT2D eigenvalue weighted by Crippen LogP contribution is -2.55. The molecule has 0 aliphatic heterocycles. The first kappa shape index (κ1) is 27.6. The lowest BCUT2D eigenvalue weighted by atomic mass is 10.0. The molecule has 0 aliphatic carbocycles. The fourth-order valence-electron chi connectivity index (χ4n) is 3.68. The molecule has 0 spiro atoms. The Balaban J connectivity index is 2.14. The number of carboxylic acids is 1. The topological polar surface area (TPSA) is 228 Å². The molecule has 192 valence electrons. The third kappa shape index (κ3) is 8.91. The smallest absolute Gasteiger partial charge is 0.326 e. The van der Waals surface area contributed by atoms with Gasteiger partial charge in [-0.25, -0.2) is 4.79 Å². The number of hydrogen-bond donors (Lipinski definition) is 8. The van der Waals surface area contributed by atoms with Crippen LogP contribution in [0.3, 0.4) is 0 Å². The van der Waals surface area contributed by atoms with E-state index in [1.165, 1.54) is 0 Å². The number of nitrogens with zero attached hydrogens (tertiary/aromatic N) is 1. The SMILES string of the molecule is NCCCCC(NC(=O)C(Cc1c[nH]c2ccccc12)NC(=O)C(N)CCCN=C(N)N)C(=O)O. The number of unbranched alkanes of at least 4 members (excludes halogenated alkanes) is 1. The van der Waals surface area contributed by atoms with Crippen LogP contribution in [0.15, 0.2) is 35.5 Å². The van der Waals surface area contributed by atoms with Gasteiger partial charge < -0.3 is 43.7 Å². The van der Waals surface area contributed by atoms with Crippen molar-refractivity contribution in [2.24, 2.45) is 27.9 Å². The predicted octanol–water partition coefficient (Wildman–Crippen LogP) is -0.725. The third-order valence-corrected chi connectivity index (χ3v) is 5.60. The van der Waals surface area contributed by atoms with Gasteiger partial charge in [0.15, 0.2) is 5.96 Å². The Morgan fingerprint density at radius 3 is 2.40 bits per heavy atom. The average Bonchev–Trinajstić information content (AvgIpc) is 3.23. The molecule has 12 nitrogen and oxygen atoms in total.